The fourth-order valence-electron chi connectivity index (χ4n) is 35.4. The van der Waals surface area contributed by atoms with E-state index in [-0.39, 0.29) is 110 Å². The average Bonchev–Trinajstić information content (AvgIpc) is 1.53. The number of allylic oxidation sites excluding steroid dienone is 4. The van der Waals surface area contributed by atoms with E-state index in [1.54, 1.807) is 0 Å². The quantitative estimate of drug-likeness (QED) is 0.0940. The maximum Gasteiger partial charge on any atom is 1.00 e. The van der Waals surface area contributed by atoms with Gasteiger partial charge in [0, 0.05) is 147 Å². The van der Waals surface area contributed by atoms with Crippen LogP contribution in [0.3, 0.4) is 0 Å². The molecule has 8 bridgehead atoms. The van der Waals surface area contributed by atoms with Gasteiger partial charge in [0.2, 0.25) is 0 Å². The number of likely N-dealkylation sites (tertiary alicyclic amines) is 3. The van der Waals surface area contributed by atoms with E-state index in [4.69, 9.17) is 30.4 Å². The van der Waals surface area contributed by atoms with Crippen LogP contribution in [0.15, 0.2) is 288 Å². The Morgan fingerprint density at radius 1 is 0.326 bits per heavy atom. The van der Waals surface area contributed by atoms with Crippen molar-refractivity contribution in [2.24, 2.45) is 56.8 Å². The Labute approximate surface area is 855 Å². The summed E-state index contributed by atoms with van der Waals surface area (Å²) in [6, 6.07) is 38.3. The van der Waals surface area contributed by atoms with Crippen molar-refractivity contribution in [3.05, 3.63) is 311 Å². The number of hydrogen-bond acceptors (Lipinski definition) is 16. The van der Waals surface area contributed by atoms with Gasteiger partial charge in [0.25, 0.3) is 0 Å². The molecule has 0 amide bonds. The third-order valence-corrected chi connectivity index (χ3v) is 42.4. The summed E-state index contributed by atoms with van der Waals surface area (Å²) in [5.41, 5.74) is 28.9. The van der Waals surface area contributed by atoms with Crippen molar-refractivity contribution >= 4 is 60.5 Å². The molecule has 27 atom stereocenters. The van der Waals surface area contributed by atoms with Gasteiger partial charge in [-0.1, -0.05) is 173 Å². The second-order valence-electron chi connectivity index (χ2n) is 48.8. The van der Waals surface area contributed by atoms with Gasteiger partial charge in [-0.05, 0) is 360 Å². The second kappa shape index (κ2) is 33.5. The molecule has 4 unspecified atom stereocenters. The first-order chi connectivity index (χ1) is 67.4. The molecule has 12 aliphatic carbocycles. The van der Waals surface area contributed by atoms with Gasteiger partial charge in [0.1, 0.15) is 0 Å². The van der Waals surface area contributed by atoms with E-state index in [1.807, 2.05) is 55.7 Å². The Hall–Kier alpha value is -7.95. The Morgan fingerprint density at radius 3 is 0.922 bits per heavy atom. The largest absolute Gasteiger partial charge is 1.00 e. The van der Waals surface area contributed by atoms with Gasteiger partial charge in [0.15, 0.2) is 17.4 Å². The monoisotopic (exact) mass is 1890 g/mol. The number of aromatic nitrogens is 4. The summed E-state index contributed by atoms with van der Waals surface area (Å²) in [6.07, 6.45) is 80.1. The molecule has 11 fully saturated rings. The first-order valence-electron chi connectivity index (χ1n) is 53.8. The number of benzene rings is 4. The number of nitrogens with zero attached hydrogens (tertiary/aromatic N) is 7. The van der Waals surface area contributed by atoms with Gasteiger partial charge in [-0.15, -0.1) is 0 Å². The van der Waals surface area contributed by atoms with Gasteiger partial charge in [-0.3, -0.25) is 34.6 Å². The molecular formula is C123H141AlLiN9O7. The first-order valence-corrected chi connectivity index (χ1v) is 53.8. The zero-order chi connectivity index (χ0) is 93.4. The third kappa shape index (κ3) is 13.9. The standard InChI is InChI=1S/C32H37N3O.C32H36N2O3.C31H35N3O.C28H29NO2.Al.Li.4H/c1-30-11-8-25-17-24-4-5-27(35-15-10-26(33)20-35)18-31(24)12-13-32(25,36-31)29(30)7-6-28(30)22-3-2-21-9-14-34-19-23(21)16-22;1-30-10-8-24-15-23-4-5-25(34-18-27(35)28(36)19-34)16-31(23)11-12-32(24,37-31)29(30)7-6-26(30)21-3-2-20-9-13-33-17-22(20)14-21;1-29-10-8-24-15-23-4-5-26(34-18-25(32)19-34)16-30(23)11-12-31(24,35-30)28(29)7-6-27(29)21-3-2-20-9-13-33-17-22(20)14-21;1-26-10-8-22-15-21-4-5-23(30)16-27(21)11-12-28(22,31-27)25(26)7-6-24(26)19-3-2-18-9-13-29-17-20(18)14-19;;;;;;/h2-5,8-9,14,16-17,19,26-29H,6-7,10-13,15,18,20,33H2,1H3;2-5,8-9,13-15,17,25-29,35-36H,6-7,10-12,16,18-19H2,1H3;2-5,8-9,13-15,17,25-28H,6-7,10-12,16,18-19,32H2,1H3;2-5,8-9,13-15,17,23-25,30H,6-7,10-12,16H2,1H3;;;;;;/q;;;;;+1;;;;-1/t26-,27-,28-,29-,30-,31-,32?;25-,26-,27+,28+,29-,30-,31-,32?;26-,27-,28-,29-,30-,31?;23-,24-,25-,26-,27-,28?;;;;;;/m1111....../s1. The van der Waals surface area contributed by atoms with Gasteiger partial charge in [-0.25, -0.2) is 0 Å². The van der Waals surface area contributed by atoms with E-state index in [2.05, 4.69) is 251 Å². The maximum atomic E-state index is 10.4. The van der Waals surface area contributed by atoms with Crippen molar-refractivity contribution in [3.63, 3.8) is 0 Å². The third-order valence-electron chi connectivity index (χ3n) is 42.4. The molecule has 4 aromatic heterocycles. The van der Waals surface area contributed by atoms with Crippen LogP contribution in [0.25, 0.3) is 43.1 Å². The minimum atomic E-state index is -0.653. The number of hydrogen-bond donors (Lipinski definition) is 5. The average molecular weight is 1890 g/mol. The number of nitrogens with two attached hydrogens (primary N) is 2. The number of ether oxygens (including phenoxy) is 4. The molecule has 724 valence electrons. The normalized spacial score (nSPS) is 42.5. The molecule has 0 radical (unpaired) electrons. The number of pyridine rings is 4. The predicted octanol–water partition coefficient (Wildman–Crippen LogP) is 17.1. The molecule has 4 saturated carbocycles. The summed E-state index contributed by atoms with van der Waals surface area (Å²) in [4.78, 5) is 24.9. The van der Waals surface area contributed by atoms with Crippen LogP contribution in [-0.2, 0) is 18.9 Å². The summed E-state index contributed by atoms with van der Waals surface area (Å²) in [5, 5.41) is 40.7. The van der Waals surface area contributed by atoms with Crippen LogP contribution in [0.2, 0.25) is 0 Å². The predicted molar refractivity (Wildman–Crippen MR) is 558 cm³/mol. The summed E-state index contributed by atoms with van der Waals surface area (Å²) in [5.74, 6) is 4.36. The molecule has 31 rings (SSSR count). The maximum absolute atomic E-state index is 10.4. The molecule has 8 aromatic rings. The van der Waals surface area contributed by atoms with E-state index in [1.165, 1.54) is 161 Å². The zero-order valence-corrected chi connectivity index (χ0v) is 82.5. The van der Waals surface area contributed by atoms with Crippen LogP contribution < -0.4 is 30.3 Å². The van der Waals surface area contributed by atoms with Crippen LogP contribution in [0.5, 0.6) is 0 Å². The van der Waals surface area contributed by atoms with Crippen molar-refractivity contribution < 1.29 is 54.6 Å². The minimum absolute atomic E-state index is 0. The van der Waals surface area contributed by atoms with Crippen molar-refractivity contribution in [1.29, 1.82) is 0 Å². The molecule has 8 spiro atoms. The van der Waals surface area contributed by atoms with E-state index < -0.39 is 18.3 Å². The Morgan fingerprint density at radius 2 is 0.617 bits per heavy atom. The Balaban J connectivity index is 0.0000000990. The Bertz CT molecular complexity index is 6870. The van der Waals surface area contributed by atoms with Crippen LogP contribution in [-0.4, -0.2) is 200 Å². The number of fused-ring (bicyclic) bond motifs is 8. The molecule has 16 nitrogen and oxygen atoms in total. The van der Waals surface area contributed by atoms with Gasteiger partial charge in [0.05, 0.1) is 63.1 Å². The van der Waals surface area contributed by atoms with Crippen molar-refractivity contribution in [1.82, 2.24) is 34.6 Å². The molecule has 7 N–H and O–H groups in total. The molecule has 141 heavy (non-hydrogen) atoms. The van der Waals surface area contributed by atoms with Gasteiger partial charge in [-0.2, -0.15) is 0 Å². The van der Waals surface area contributed by atoms with Crippen molar-refractivity contribution in [3.8, 4) is 0 Å². The Kier molecular flexibility index (Phi) is 22.1. The number of rotatable bonds is 7. The second-order valence-corrected chi connectivity index (χ2v) is 48.8. The van der Waals surface area contributed by atoms with Crippen molar-refractivity contribution in [2.45, 2.75) is 305 Å². The SMILES string of the molecule is C[C@]12CC=C3C=C4C=C[C@@H](N5CC(N)C5)C[C@]45CCC3(O5)[C@@H]1CC[C@@H]2c1ccc2ccncc2c1.C[C@]12CC=C3C=C4C=C[C@@H](N5CC[C@@H](N)C5)C[C@]45CCC3(O5)[C@@H]1CC[C@@H]2c1ccc2ccncc2c1.C[C@]12CC=C3C=C4C=C[C@@H](N5C[C@H](O)[C@@H](O)C5)C[C@]45CCC3(O5)[C@@H]1CC[C@@H]2c1ccc2ccncc2c1.C[C@]12CC=C3C=C4C=C[C@@H](O)C[C@]45CCC3(O5)[C@@H]1CC[C@@H]2c1ccc2ccncc2c1.[AlH3].[H-].[Li+]. The fraction of sp³-hybridized carbons (Fsp3) is 0.512. The summed E-state index contributed by atoms with van der Waals surface area (Å²) in [6.45, 7) is 15.4. The van der Waals surface area contributed by atoms with Crippen molar-refractivity contribution in [2.75, 3.05) is 39.3 Å². The minimum Gasteiger partial charge on any atom is -1.00 e. The fourth-order valence-corrected chi connectivity index (χ4v) is 35.4. The summed E-state index contributed by atoms with van der Waals surface area (Å²) < 4.78 is 29.4. The van der Waals surface area contributed by atoms with E-state index in [0.29, 0.717) is 91.0 Å². The molecule has 11 aliphatic heterocycles. The van der Waals surface area contributed by atoms with E-state index in [0.717, 1.165) is 129 Å². The number of β-amino-alcohol motifs (C(OH)–C–C–N with tert-alkyl or cyclic N) is 2. The van der Waals surface area contributed by atoms with Crippen LogP contribution >= 0.6 is 0 Å². The topological polar surface area (TPSA) is 211 Å². The van der Waals surface area contributed by atoms with Gasteiger partial charge >= 0.3 is 18.9 Å². The van der Waals surface area contributed by atoms with Gasteiger partial charge < -0.3 is 47.2 Å². The summed E-state index contributed by atoms with van der Waals surface area (Å²) in [7, 11) is 0. The molecule has 15 heterocycles. The zero-order valence-electron chi connectivity index (χ0n) is 83.5. The van der Waals surface area contributed by atoms with Crippen LogP contribution in [0, 0.1) is 45.3 Å². The molecule has 23 aliphatic rings. The summed E-state index contributed by atoms with van der Waals surface area (Å²) >= 11 is 0. The van der Waals surface area contributed by atoms with E-state index >= 15 is 0 Å². The van der Waals surface area contributed by atoms with Crippen LogP contribution in [0.4, 0.5) is 0 Å². The first kappa shape index (κ1) is 92.9. The number of aliphatic hydroxyl groups is 3. The molecule has 4 aromatic carbocycles. The van der Waals surface area contributed by atoms with Crippen LogP contribution in [0.1, 0.15) is 236 Å². The number of aliphatic hydroxyl groups excluding tert-OH is 3. The van der Waals surface area contributed by atoms with E-state index in [9.17, 15) is 15.3 Å². The molecule has 18 heteroatoms. The molecular weight excluding hydrogens is 1750 g/mol. The molecule has 7 saturated heterocycles. The smallest absolute Gasteiger partial charge is 1.00 e.